The number of nitrogens with zero attached hydrogens (tertiary/aromatic N) is 2. The van der Waals surface area contributed by atoms with Gasteiger partial charge in [-0.05, 0) is 0 Å². The van der Waals surface area contributed by atoms with Crippen LogP contribution in [0.2, 0.25) is 0 Å². The van der Waals surface area contributed by atoms with Crippen LogP contribution in [-0.4, -0.2) is 31.4 Å². The molecule has 1 aliphatic heterocycles. The van der Waals surface area contributed by atoms with Gasteiger partial charge >= 0.3 is 0 Å². The van der Waals surface area contributed by atoms with E-state index in [2.05, 4.69) is 10.3 Å². The second-order valence-electron chi connectivity index (χ2n) is 3.45. The maximum Gasteiger partial charge on any atom is 0.150 e. The van der Waals surface area contributed by atoms with Crippen molar-refractivity contribution in [3.63, 3.8) is 0 Å². The Labute approximate surface area is 98.7 Å². The van der Waals surface area contributed by atoms with Gasteiger partial charge in [-0.3, -0.25) is 4.79 Å². The van der Waals surface area contributed by atoms with E-state index in [1.54, 1.807) is 12.1 Å². The number of carbonyl (C=O) groups is 1. The molecule has 0 saturated carbocycles. The van der Waals surface area contributed by atoms with Crippen LogP contribution in [0.4, 0.5) is 0 Å². The first-order chi connectivity index (χ1) is 8.36. The number of aldehydes is 1. The molecule has 0 spiro atoms. The second-order valence-corrected chi connectivity index (χ2v) is 3.45. The Morgan fingerprint density at radius 3 is 3.00 bits per heavy atom. The fourth-order valence-corrected chi connectivity index (χ4v) is 1.64. The number of oxime groups is 2. The summed E-state index contributed by atoms with van der Waals surface area (Å²) < 4.78 is 0. The molecule has 0 saturated heterocycles. The maximum absolute atomic E-state index is 11.0. The second kappa shape index (κ2) is 5.25. The molecule has 0 atom stereocenters. The van der Waals surface area contributed by atoms with E-state index in [4.69, 9.17) is 9.68 Å². The van der Waals surface area contributed by atoms with Gasteiger partial charge in [-0.25, -0.2) is 0 Å². The van der Waals surface area contributed by atoms with Gasteiger partial charge in [0.15, 0.2) is 6.29 Å². The van der Waals surface area contributed by atoms with Crippen molar-refractivity contribution in [3.05, 3.63) is 35.4 Å². The van der Waals surface area contributed by atoms with E-state index in [9.17, 15) is 4.79 Å². The SMILES string of the molecule is CON=C(C1=NOCC1)c1ccccc1C=O. The molecule has 2 rings (SSSR count). The number of hydrogen-bond acceptors (Lipinski definition) is 5. The summed E-state index contributed by atoms with van der Waals surface area (Å²) in [5.41, 5.74) is 2.50. The molecule has 1 heterocycles. The highest BCUT2D eigenvalue weighted by Crippen LogP contribution is 2.13. The Kier molecular flexibility index (Phi) is 3.49. The average molecular weight is 232 g/mol. The van der Waals surface area contributed by atoms with Crippen molar-refractivity contribution in [2.45, 2.75) is 6.42 Å². The van der Waals surface area contributed by atoms with Crippen molar-refractivity contribution < 1.29 is 14.5 Å². The summed E-state index contributed by atoms with van der Waals surface area (Å²) in [4.78, 5) is 20.7. The Hall–Kier alpha value is -2.17. The fourth-order valence-electron chi connectivity index (χ4n) is 1.64. The van der Waals surface area contributed by atoms with Gasteiger partial charge in [0.05, 0.1) is 0 Å². The summed E-state index contributed by atoms with van der Waals surface area (Å²) in [6.07, 6.45) is 1.45. The highest BCUT2D eigenvalue weighted by Gasteiger charge is 2.20. The lowest BCUT2D eigenvalue weighted by molar-refractivity contribution is 0.112. The zero-order valence-corrected chi connectivity index (χ0v) is 9.42. The van der Waals surface area contributed by atoms with Crippen LogP contribution in [0.3, 0.4) is 0 Å². The van der Waals surface area contributed by atoms with Crippen LogP contribution in [0.1, 0.15) is 22.3 Å². The Balaban J connectivity index is 2.46. The number of rotatable bonds is 4. The van der Waals surface area contributed by atoms with E-state index < -0.39 is 0 Å². The van der Waals surface area contributed by atoms with E-state index in [0.717, 1.165) is 6.29 Å². The minimum atomic E-state index is 0.529. The zero-order chi connectivity index (χ0) is 12.1. The van der Waals surface area contributed by atoms with Gasteiger partial charge < -0.3 is 9.68 Å². The fraction of sp³-hybridized carbons (Fsp3) is 0.250. The van der Waals surface area contributed by atoms with Gasteiger partial charge in [-0.15, -0.1) is 0 Å². The molecule has 0 fully saturated rings. The summed E-state index contributed by atoms with van der Waals surface area (Å²) in [6, 6.07) is 7.17. The molecule has 0 aliphatic carbocycles. The van der Waals surface area contributed by atoms with Crippen LogP contribution in [0.15, 0.2) is 34.6 Å². The van der Waals surface area contributed by atoms with E-state index in [1.807, 2.05) is 12.1 Å². The van der Waals surface area contributed by atoms with Crippen LogP contribution in [-0.2, 0) is 9.68 Å². The summed E-state index contributed by atoms with van der Waals surface area (Å²) in [5.74, 6) is 0. The first-order valence-corrected chi connectivity index (χ1v) is 5.21. The topological polar surface area (TPSA) is 60.3 Å². The molecular formula is C12H12N2O3. The lowest BCUT2D eigenvalue weighted by atomic mass is 9.99. The van der Waals surface area contributed by atoms with Gasteiger partial charge in [0, 0.05) is 17.5 Å². The molecule has 17 heavy (non-hydrogen) atoms. The van der Waals surface area contributed by atoms with Crippen molar-refractivity contribution in [2.24, 2.45) is 10.3 Å². The number of carbonyl (C=O) groups excluding carboxylic acids is 1. The van der Waals surface area contributed by atoms with Crippen molar-refractivity contribution in [1.29, 1.82) is 0 Å². The standard InChI is InChI=1S/C12H12N2O3/c1-16-14-12(11-6-7-17-13-11)10-5-3-2-4-9(10)8-15/h2-5,8H,6-7H2,1H3. The van der Waals surface area contributed by atoms with Gasteiger partial charge in [-0.1, -0.05) is 34.6 Å². The molecule has 1 aromatic carbocycles. The zero-order valence-electron chi connectivity index (χ0n) is 9.42. The van der Waals surface area contributed by atoms with E-state index in [0.29, 0.717) is 35.6 Å². The van der Waals surface area contributed by atoms with E-state index >= 15 is 0 Å². The van der Waals surface area contributed by atoms with E-state index in [1.165, 1.54) is 7.11 Å². The molecule has 5 nitrogen and oxygen atoms in total. The quantitative estimate of drug-likeness (QED) is 0.450. The lowest BCUT2D eigenvalue weighted by Gasteiger charge is -2.06. The summed E-state index contributed by atoms with van der Waals surface area (Å²) in [7, 11) is 1.46. The van der Waals surface area contributed by atoms with E-state index in [-0.39, 0.29) is 0 Å². The molecule has 1 aliphatic rings. The highest BCUT2D eigenvalue weighted by molar-refractivity contribution is 6.49. The highest BCUT2D eigenvalue weighted by atomic mass is 16.6. The van der Waals surface area contributed by atoms with Crippen molar-refractivity contribution in [2.75, 3.05) is 13.7 Å². The van der Waals surface area contributed by atoms with Crippen LogP contribution in [0.5, 0.6) is 0 Å². The predicted molar refractivity (Wildman–Crippen MR) is 63.4 cm³/mol. The Morgan fingerprint density at radius 2 is 2.35 bits per heavy atom. The largest absolute Gasteiger partial charge is 0.399 e. The van der Waals surface area contributed by atoms with Gasteiger partial charge in [0.25, 0.3) is 0 Å². The molecule has 88 valence electrons. The maximum atomic E-state index is 11.0. The molecule has 1 aromatic rings. The molecule has 0 radical (unpaired) electrons. The smallest absolute Gasteiger partial charge is 0.150 e. The molecular weight excluding hydrogens is 220 g/mol. The van der Waals surface area contributed by atoms with Crippen LogP contribution in [0, 0.1) is 0 Å². The van der Waals surface area contributed by atoms with Gasteiger partial charge in [0.2, 0.25) is 0 Å². The third-order valence-corrected chi connectivity index (χ3v) is 2.40. The lowest BCUT2D eigenvalue weighted by Crippen LogP contribution is -2.16. The average Bonchev–Trinajstić information content (AvgIpc) is 2.89. The molecule has 5 heteroatoms. The molecule has 0 N–H and O–H groups in total. The summed E-state index contributed by atoms with van der Waals surface area (Å²) >= 11 is 0. The summed E-state index contributed by atoms with van der Waals surface area (Å²) in [6.45, 7) is 0.529. The van der Waals surface area contributed by atoms with Crippen molar-refractivity contribution >= 4 is 17.7 Å². The van der Waals surface area contributed by atoms with Gasteiger partial charge in [-0.2, -0.15) is 0 Å². The Morgan fingerprint density at radius 1 is 1.53 bits per heavy atom. The normalized spacial score (nSPS) is 15.1. The minimum absolute atomic E-state index is 0.529. The monoisotopic (exact) mass is 232 g/mol. The molecule has 0 unspecified atom stereocenters. The third kappa shape index (κ3) is 2.33. The van der Waals surface area contributed by atoms with Crippen LogP contribution in [0.25, 0.3) is 0 Å². The molecule has 0 bridgehead atoms. The molecule has 0 amide bonds. The van der Waals surface area contributed by atoms with Crippen LogP contribution < -0.4 is 0 Å². The van der Waals surface area contributed by atoms with Crippen molar-refractivity contribution in [1.82, 2.24) is 0 Å². The number of hydrogen-bond donors (Lipinski definition) is 0. The first-order valence-electron chi connectivity index (χ1n) is 5.21. The van der Waals surface area contributed by atoms with Crippen LogP contribution >= 0.6 is 0 Å². The minimum Gasteiger partial charge on any atom is -0.399 e. The molecule has 0 aromatic heterocycles. The summed E-state index contributed by atoms with van der Waals surface area (Å²) in [5, 5.41) is 7.83. The van der Waals surface area contributed by atoms with Gasteiger partial charge in [0.1, 0.15) is 25.1 Å². The Bertz CT molecular complexity index is 480. The van der Waals surface area contributed by atoms with Crippen molar-refractivity contribution in [3.8, 4) is 0 Å². The first kappa shape index (κ1) is 11.3. The number of benzene rings is 1. The third-order valence-electron chi connectivity index (χ3n) is 2.40. The predicted octanol–water partition coefficient (Wildman–Crippen LogP) is 1.63.